The maximum atomic E-state index is 11.4. The molecule has 0 spiro atoms. The van der Waals surface area contributed by atoms with Gasteiger partial charge in [0.15, 0.2) is 6.10 Å². The van der Waals surface area contributed by atoms with Gasteiger partial charge >= 0.3 is 6.09 Å². The summed E-state index contributed by atoms with van der Waals surface area (Å²) in [6.07, 6.45) is -3.06. The topological polar surface area (TPSA) is 88.0 Å². The van der Waals surface area contributed by atoms with Gasteiger partial charge in [0.05, 0.1) is 6.61 Å². The zero-order valence-corrected chi connectivity index (χ0v) is 11.3. The number of carbonyl (C=O) groups is 1. The van der Waals surface area contributed by atoms with Crippen LogP contribution in [0, 0.1) is 0 Å². The zero-order valence-electron chi connectivity index (χ0n) is 10.5. The van der Waals surface area contributed by atoms with E-state index in [1.165, 1.54) is 11.8 Å². The van der Waals surface area contributed by atoms with Crippen molar-refractivity contribution >= 4 is 17.9 Å². The molecule has 0 unspecified atom stereocenters. The lowest BCUT2D eigenvalue weighted by Gasteiger charge is -2.39. The smallest absolute Gasteiger partial charge is 0.408 e. The summed E-state index contributed by atoms with van der Waals surface area (Å²) in [5, 5.41) is 22.0. The van der Waals surface area contributed by atoms with Crippen LogP contribution >= 0.6 is 11.8 Å². The molecule has 0 bridgehead atoms. The Morgan fingerprint density at radius 2 is 2.05 bits per heavy atom. The number of amides is 1. The van der Waals surface area contributed by atoms with Crippen LogP contribution < -0.4 is 5.32 Å². The van der Waals surface area contributed by atoms with E-state index in [1.54, 1.807) is 0 Å². The molecular weight excluding hydrogens is 282 g/mol. The first-order valence-corrected chi connectivity index (χ1v) is 7.20. The molecule has 5 atom stereocenters. The summed E-state index contributed by atoms with van der Waals surface area (Å²) in [7, 11) is 0. The number of alkyl carbamates (subject to hydrolysis) is 1. The number of nitrogens with one attached hydrogen (secondary N) is 1. The minimum absolute atomic E-state index is 0.326. The lowest BCUT2D eigenvalue weighted by molar-refractivity contribution is -0.154. The average Bonchev–Trinajstić information content (AvgIpc) is 2.85. The quantitative estimate of drug-likeness (QED) is 0.745. The third-order valence-corrected chi connectivity index (χ3v) is 4.56. The minimum Gasteiger partial charge on any atom is -0.441 e. The third kappa shape index (κ3) is 2.49. The second-order valence-corrected chi connectivity index (χ2v) is 5.86. The first-order valence-electron chi connectivity index (χ1n) is 6.32. The van der Waals surface area contributed by atoms with Gasteiger partial charge in [0.1, 0.15) is 23.7 Å². The van der Waals surface area contributed by atoms with Crippen LogP contribution in [0.5, 0.6) is 0 Å². The molecule has 0 aromatic heterocycles. The molecule has 108 valence electrons. The molecule has 1 amide bonds. The Labute approximate surface area is 120 Å². The molecule has 1 aromatic rings. The summed E-state index contributed by atoms with van der Waals surface area (Å²) in [5.41, 5.74) is -0.422. The van der Waals surface area contributed by atoms with Crippen LogP contribution in [0.25, 0.3) is 0 Å². The first kappa shape index (κ1) is 13.7. The van der Waals surface area contributed by atoms with E-state index in [0.717, 1.165) is 4.90 Å². The Morgan fingerprint density at radius 3 is 2.75 bits per heavy atom. The highest BCUT2D eigenvalue weighted by Crippen LogP contribution is 2.36. The molecule has 3 rings (SSSR count). The van der Waals surface area contributed by atoms with Gasteiger partial charge in [0.25, 0.3) is 0 Å². The van der Waals surface area contributed by atoms with Gasteiger partial charge in [-0.3, -0.25) is 0 Å². The van der Waals surface area contributed by atoms with Crippen molar-refractivity contribution in [2.45, 2.75) is 34.7 Å². The van der Waals surface area contributed by atoms with Crippen molar-refractivity contribution in [3.8, 4) is 0 Å². The number of aliphatic hydroxyl groups is 2. The van der Waals surface area contributed by atoms with Gasteiger partial charge in [0, 0.05) is 4.90 Å². The van der Waals surface area contributed by atoms with Crippen LogP contribution in [0.2, 0.25) is 0 Å². The predicted molar refractivity (Wildman–Crippen MR) is 71.2 cm³/mol. The molecule has 3 N–H and O–H groups in total. The molecule has 2 aliphatic heterocycles. The average molecular weight is 297 g/mol. The molecule has 2 fully saturated rings. The highest BCUT2D eigenvalue weighted by molar-refractivity contribution is 7.99. The van der Waals surface area contributed by atoms with E-state index in [2.05, 4.69) is 5.32 Å². The summed E-state index contributed by atoms with van der Waals surface area (Å²) in [4.78, 5) is 12.4. The van der Waals surface area contributed by atoms with Crippen LogP contribution in [0.1, 0.15) is 0 Å². The predicted octanol–water partition coefficient (Wildman–Crippen LogP) is 0.334. The van der Waals surface area contributed by atoms with Crippen LogP contribution in [0.3, 0.4) is 0 Å². The molecule has 2 saturated heterocycles. The largest absolute Gasteiger partial charge is 0.441 e. The third-order valence-electron chi connectivity index (χ3n) is 3.38. The van der Waals surface area contributed by atoms with Crippen molar-refractivity contribution in [3.05, 3.63) is 30.3 Å². The van der Waals surface area contributed by atoms with E-state index >= 15 is 0 Å². The molecule has 2 aliphatic rings. The van der Waals surface area contributed by atoms with Crippen molar-refractivity contribution in [1.29, 1.82) is 0 Å². The van der Waals surface area contributed by atoms with Gasteiger partial charge in [-0.2, -0.15) is 0 Å². The number of hydrogen-bond donors (Lipinski definition) is 3. The second-order valence-electron chi connectivity index (χ2n) is 4.69. The Kier molecular flexibility index (Phi) is 3.84. The number of thioether (sulfide) groups is 1. The first-order chi connectivity index (χ1) is 9.69. The van der Waals surface area contributed by atoms with E-state index < -0.39 is 35.9 Å². The lowest BCUT2D eigenvalue weighted by atomic mass is 9.99. The molecule has 1 aromatic carbocycles. The molecule has 20 heavy (non-hydrogen) atoms. The van der Waals surface area contributed by atoms with Crippen molar-refractivity contribution in [3.63, 3.8) is 0 Å². The Morgan fingerprint density at radius 1 is 1.30 bits per heavy atom. The standard InChI is InChI=1S/C13H15NO5S/c15-6-8-10(16)11-9(14-13(17)19-11)12(18-8)20-7-4-2-1-3-5-7/h1-5,8-12,15-16H,6H2,(H,14,17)/t8-,9-,10-,11-,12+/m1/s1. The Bertz CT molecular complexity index is 485. The van der Waals surface area contributed by atoms with Crippen molar-refractivity contribution in [2.24, 2.45) is 0 Å². The van der Waals surface area contributed by atoms with Gasteiger partial charge in [-0.25, -0.2) is 4.79 Å². The Hall–Kier alpha value is -1.28. The van der Waals surface area contributed by atoms with Crippen LogP contribution in [0.15, 0.2) is 35.2 Å². The zero-order chi connectivity index (χ0) is 14.1. The normalized spacial score (nSPS) is 36.1. The Balaban J connectivity index is 1.80. The number of benzene rings is 1. The fraction of sp³-hybridized carbons (Fsp3) is 0.462. The number of fused-ring (bicyclic) bond motifs is 1. The van der Waals surface area contributed by atoms with Crippen LogP contribution in [-0.4, -0.2) is 52.7 Å². The monoisotopic (exact) mass is 297 g/mol. The number of carbonyl (C=O) groups excluding carboxylic acids is 1. The highest BCUT2D eigenvalue weighted by Gasteiger charge is 2.51. The summed E-state index contributed by atoms with van der Waals surface area (Å²) >= 11 is 1.42. The van der Waals surface area contributed by atoms with Crippen molar-refractivity contribution in [2.75, 3.05) is 6.61 Å². The van der Waals surface area contributed by atoms with Gasteiger partial charge < -0.3 is 25.0 Å². The molecular formula is C13H15NO5S. The lowest BCUT2D eigenvalue weighted by Crippen LogP contribution is -2.58. The molecule has 7 heteroatoms. The molecule has 0 radical (unpaired) electrons. The van der Waals surface area contributed by atoms with E-state index in [-0.39, 0.29) is 6.61 Å². The number of aliphatic hydroxyl groups excluding tert-OH is 2. The molecule has 0 aliphatic carbocycles. The summed E-state index contributed by atoms with van der Waals surface area (Å²) < 4.78 is 10.8. The van der Waals surface area contributed by atoms with E-state index in [4.69, 9.17) is 9.47 Å². The molecule has 0 saturated carbocycles. The summed E-state index contributed by atoms with van der Waals surface area (Å²) in [5.74, 6) is 0. The maximum Gasteiger partial charge on any atom is 0.408 e. The minimum atomic E-state index is -1.03. The number of ether oxygens (including phenoxy) is 2. The van der Waals surface area contributed by atoms with Crippen LogP contribution in [-0.2, 0) is 9.47 Å². The van der Waals surface area contributed by atoms with E-state index in [1.807, 2.05) is 30.3 Å². The fourth-order valence-electron chi connectivity index (χ4n) is 2.39. The maximum absolute atomic E-state index is 11.4. The van der Waals surface area contributed by atoms with Crippen LogP contribution in [0.4, 0.5) is 4.79 Å². The fourth-order valence-corrected chi connectivity index (χ4v) is 3.54. The van der Waals surface area contributed by atoms with Gasteiger partial charge in [-0.05, 0) is 12.1 Å². The molecule has 2 heterocycles. The molecule has 6 nitrogen and oxygen atoms in total. The summed E-state index contributed by atoms with van der Waals surface area (Å²) in [6, 6.07) is 9.15. The van der Waals surface area contributed by atoms with Gasteiger partial charge in [0.2, 0.25) is 0 Å². The number of rotatable bonds is 3. The van der Waals surface area contributed by atoms with E-state index in [9.17, 15) is 15.0 Å². The van der Waals surface area contributed by atoms with Crippen molar-refractivity contribution in [1.82, 2.24) is 5.32 Å². The van der Waals surface area contributed by atoms with Crippen molar-refractivity contribution < 1.29 is 24.5 Å². The second kappa shape index (κ2) is 5.61. The van der Waals surface area contributed by atoms with Gasteiger partial charge in [-0.1, -0.05) is 30.0 Å². The van der Waals surface area contributed by atoms with E-state index in [0.29, 0.717) is 0 Å². The SMILES string of the molecule is O=C1N[C@@H]2[C@@H](O1)[C@H](O)[C@@H](CO)O[C@H]2Sc1ccccc1. The van der Waals surface area contributed by atoms with Gasteiger partial charge in [-0.15, -0.1) is 0 Å². The number of hydrogen-bond acceptors (Lipinski definition) is 6. The summed E-state index contributed by atoms with van der Waals surface area (Å²) in [6.45, 7) is -0.326. The highest BCUT2D eigenvalue weighted by atomic mass is 32.2.